The van der Waals surface area contributed by atoms with Gasteiger partial charge in [0.2, 0.25) is 0 Å². The fourth-order valence-corrected chi connectivity index (χ4v) is 0.621. The molecule has 0 aliphatic rings. The van der Waals surface area contributed by atoms with Crippen LogP contribution in [-0.4, -0.2) is 41.9 Å². The van der Waals surface area contributed by atoms with E-state index in [9.17, 15) is 31.1 Å². The van der Waals surface area contributed by atoms with Gasteiger partial charge in [-0.15, -0.1) is 6.58 Å². The number of hydrogen-bond donors (Lipinski definition) is 3. The summed E-state index contributed by atoms with van der Waals surface area (Å²) in [7, 11) is 0. The molecule has 0 aliphatic heterocycles. The Morgan fingerprint density at radius 3 is 1.85 bits per heavy atom. The van der Waals surface area contributed by atoms with Crippen LogP contribution in [0.25, 0.3) is 0 Å². The van der Waals surface area contributed by atoms with E-state index in [4.69, 9.17) is 15.6 Å². The first-order chi connectivity index (χ1) is 8.82. The lowest BCUT2D eigenvalue weighted by Crippen LogP contribution is -2.43. The van der Waals surface area contributed by atoms with E-state index in [0.717, 1.165) is 0 Å². The molecular formula is C9H12F6N2O3. The minimum Gasteiger partial charge on any atom is -0.475 e. The largest absolute Gasteiger partial charge is 0.490 e. The number of rotatable bonds is 4. The van der Waals surface area contributed by atoms with Gasteiger partial charge in [-0.3, -0.25) is 4.79 Å². The second kappa shape index (κ2) is 8.40. The van der Waals surface area contributed by atoms with Gasteiger partial charge in [-0.05, 0) is 6.42 Å². The van der Waals surface area contributed by atoms with E-state index in [1.165, 1.54) is 6.08 Å². The summed E-state index contributed by atoms with van der Waals surface area (Å²) in [6.45, 7) is 3.16. The van der Waals surface area contributed by atoms with Crippen LogP contribution in [0.4, 0.5) is 26.3 Å². The third-order valence-corrected chi connectivity index (χ3v) is 1.49. The highest BCUT2D eigenvalue weighted by molar-refractivity contribution is 5.81. The first kappa shape index (κ1) is 20.5. The van der Waals surface area contributed by atoms with Gasteiger partial charge in [0.25, 0.3) is 0 Å². The molecule has 0 heterocycles. The minimum atomic E-state index is -5.08. The summed E-state index contributed by atoms with van der Waals surface area (Å²) in [4.78, 5) is 19.2. The first-order valence-electron chi connectivity index (χ1n) is 4.84. The Balaban J connectivity index is 0. The molecule has 1 amide bonds. The number of alkyl halides is 6. The van der Waals surface area contributed by atoms with Crippen molar-refractivity contribution >= 4 is 11.9 Å². The Morgan fingerprint density at radius 1 is 1.20 bits per heavy atom. The zero-order chi connectivity index (χ0) is 16.6. The molecule has 0 aromatic rings. The van der Waals surface area contributed by atoms with Crippen molar-refractivity contribution in [3.05, 3.63) is 12.7 Å². The second-order valence-electron chi connectivity index (χ2n) is 3.30. The van der Waals surface area contributed by atoms with Gasteiger partial charge in [-0.25, -0.2) is 4.79 Å². The van der Waals surface area contributed by atoms with Crippen molar-refractivity contribution < 1.29 is 41.0 Å². The molecule has 11 heteroatoms. The molecule has 0 aromatic carbocycles. The van der Waals surface area contributed by atoms with Crippen LogP contribution in [0.2, 0.25) is 0 Å². The number of halogens is 6. The van der Waals surface area contributed by atoms with Gasteiger partial charge in [0.05, 0.1) is 0 Å². The number of hydrogen-bond acceptors (Lipinski definition) is 3. The van der Waals surface area contributed by atoms with E-state index in [0.29, 0.717) is 6.42 Å². The van der Waals surface area contributed by atoms with E-state index in [2.05, 4.69) is 6.58 Å². The first-order valence-corrected chi connectivity index (χ1v) is 4.84. The smallest absolute Gasteiger partial charge is 0.475 e. The van der Waals surface area contributed by atoms with Gasteiger partial charge in [-0.2, -0.15) is 26.3 Å². The van der Waals surface area contributed by atoms with Crippen LogP contribution in [0.15, 0.2) is 12.7 Å². The Bertz CT molecular complexity index is 340. The summed E-state index contributed by atoms with van der Waals surface area (Å²) in [6, 6.07) is -0.524. The highest BCUT2D eigenvalue weighted by atomic mass is 19.4. The molecule has 0 bridgehead atoms. The average molecular weight is 310 g/mol. The van der Waals surface area contributed by atoms with Gasteiger partial charge >= 0.3 is 24.2 Å². The van der Waals surface area contributed by atoms with Crippen LogP contribution in [0.1, 0.15) is 6.42 Å². The van der Waals surface area contributed by atoms with Gasteiger partial charge in [0, 0.05) is 12.6 Å². The van der Waals surface area contributed by atoms with E-state index in [1.807, 2.05) is 0 Å². The average Bonchev–Trinajstić information content (AvgIpc) is 2.24. The fourth-order valence-electron chi connectivity index (χ4n) is 0.621. The molecular weight excluding hydrogens is 298 g/mol. The fraction of sp³-hybridized carbons (Fsp3) is 0.556. The van der Waals surface area contributed by atoms with E-state index in [-0.39, 0.29) is 6.54 Å². The highest BCUT2D eigenvalue weighted by Crippen LogP contribution is 2.14. The predicted molar refractivity (Wildman–Crippen MR) is 55.5 cm³/mol. The molecule has 5 nitrogen and oxygen atoms in total. The molecule has 0 aromatic heterocycles. The third-order valence-electron chi connectivity index (χ3n) is 1.49. The Kier molecular flexibility index (Phi) is 8.63. The number of amides is 1. The molecule has 0 aliphatic carbocycles. The molecule has 118 valence electrons. The monoisotopic (exact) mass is 310 g/mol. The van der Waals surface area contributed by atoms with Crippen LogP contribution in [0, 0.1) is 0 Å². The minimum absolute atomic E-state index is 0.204. The Morgan fingerprint density at radius 2 is 1.60 bits per heavy atom. The second-order valence-corrected chi connectivity index (χ2v) is 3.30. The Labute approximate surface area is 109 Å². The van der Waals surface area contributed by atoms with E-state index < -0.39 is 30.3 Å². The van der Waals surface area contributed by atoms with Crippen molar-refractivity contribution in [2.75, 3.05) is 6.54 Å². The van der Waals surface area contributed by atoms with Crippen LogP contribution in [0.5, 0.6) is 0 Å². The predicted octanol–water partition coefficient (Wildman–Crippen LogP) is 1.20. The van der Waals surface area contributed by atoms with Gasteiger partial charge in [-0.1, -0.05) is 6.08 Å². The summed E-state index contributed by atoms with van der Waals surface area (Å²) >= 11 is 0. The standard InChI is InChI=1S/C7H11F3N2O.C2HF3O2/c1-2-3-5(11)4-12-6(13)7(8,9)10;3-2(4,5)1(6)7/h2,5H,1,3-4,11H2,(H,12,13);(H,6,7). The number of nitrogens with two attached hydrogens (primary N) is 1. The summed E-state index contributed by atoms with van der Waals surface area (Å²) < 4.78 is 66.6. The lowest BCUT2D eigenvalue weighted by Gasteiger charge is -2.11. The molecule has 20 heavy (non-hydrogen) atoms. The number of aliphatic carboxylic acids is 1. The maximum absolute atomic E-state index is 11.6. The molecule has 1 atom stereocenters. The number of nitrogens with one attached hydrogen (secondary N) is 1. The molecule has 0 fully saturated rings. The summed E-state index contributed by atoms with van der Waals surface area (Å²) in [5.74, 6) is -4.72. The summed E-state index contributed by atoms with van der Waals surface area (Å²) in [5, 5.41) is 8.80. The quantitative estimate of drug-likeness (QED) is 0.537. The lowest BCUT2D eigenvalue weighted by molar-refractivity contribution is -0.192. The summed E-state index contributed by atoms with van der Waals surface area (Å²) in [6.07, 6.45) is -8.09. The van der Waals surface area contributed by atoms with E-state index >= 15 is 0 Å². The van der Waals surface area contributed by atoms with Crippen LogP contribution in [-0.2, 0) is 9.59 Å². The maximum atomic E-state index is 11.6. The van der Waals surface area contributed by atoms with E-state index in [1.54, 1.807) is 5.32 Å². The molecule has 0 rings (SSSR count). The van der Waals surface area contributed by atoms with Gasteiger partial charge in [0.1, 0.15) is 0 Å². The normalized spacial score (nSPS) is 12.8. The van der Waals surface area contributed by atoms with Crippen molar-refractivity contribution in [1.82, 2.24) is 5.32 Å². The van der Waals surface area contributed by atoms with Crippen molar-refractivity contribution in [2.45, 2.75) is 24.8 Å². The van der Waals surface area contributed by atoms with Crippen molar-refractivity contribution in [2.24, 2.45) is 5.73 Å². The number of carbonyl (C=O) groups excluding carboxylic acids is 1. The zero-order valence-corrected chi connectivity index (χ0v) is 9.88. The highest BCUT2D eigenvalue weighted by Gasteiger charge is 2.38. The molecule has 0 spiro atoms. The van der Waals surface area contributed by atoms with Crippen molar-refractivity contribution in [3.63, 3.8) is 0 Å². The van der Waals surface area contributed by atoms with Gasteiger partial charge in [0.15, 0.2) is 0 Å². The van der Waals surface area contributed by atoms with Crippen molar-refractivity contribution in [3.8, 4) is 0 Å². The van der Waals surface area contributed by atoms with Crippen LogP contribution in [0.3, 0.4) is 0 Å². The summed E-state index contributed by atoms with van der Waals surface area (Å²) in [5.41, 5.74) is 5.32. The number of carboxylic acid groups (broad SMARTS) is 1. The Hall–Kier alpha value is -1.78. The van der Waals surface area contributed by atoms with Crippen molar-refractivity contribution in [1.29, 1.82) is 0 Å². The molecule has 1 unspecified atom stereocenters. The topological polar surface area (TPSA) is 92.4 Å². The molecule has 0 saturated carbocycles. The van der Waals surface area contributed by atoms with Crippen LogP contribution < -0.4 is 11.1 Å². The molecule has 4 N–H and O–H groups in total. The van der Waals surface area contributed by atoms with Crippen LogP contribution >= 0.6 is 0 Å². The lowest BCUT2D eigenvalue weighted by atomic mass is 10.2. The SMILES string of the molecule is C=CCC(N)CNC(=O)C(F)(F)F.O=C(O)C(F)(F)F. The van der Waals surface area contributed by atoms with Gasteiger partial charge < -0.3 is 16.2 Å². The zero-order valence-electron chi connectivity index (χ0n) is 9.88. The molecule has 0 saturated heterocycles. The third kappa shape index (κ3) is 11.3. The molecule has 0 radical (unpaired) electrons. The maximum Gasteiger partial charge on any atom is 0.490 e. The number of carbonyl (C=O) groups is 2. The number of carboxylic acids is 1.